The van der Waals surface area contributed by atoms with E-state index in [0.717, 1.165) is 12.0 Å². The molecule has 3 aromatic rings. The van der Waals surface area contributed by atoms with Gasteiger partial charge in [-0.2, -0.15) is 5.10 Å². The number of carbonyl (C=O) groups excluding carboxylic acids is 1. The number of nitrogens with zero attached hydrogens (tertiary/aromatic N) is 2. The summed E-state index contributed by atoms with van der Waals surface area (Å²) in [5, 5.41) is 7.89. The van der Waals surface area contributed by atoms with E-state index in [-0.39, 0.29) is 5.91 Å². The molecule has 0 saturated carbocycles. The lowest BCUT2D eigenvalue weighted by molar-refractivity contribution is 0.102. The fourth-order valence-corrected chi connectivity index (χ4v) is 2.63. The summed E-state index contributed by atoms with van der Waals surface area (Å²) in [6.07, 6.45) is 2.78. The Kier molecular flexibility index (Phi) is 4.96. The van der Waals surface area contributed by atoms with E-state index in [1.807, 2.05) is 54.7 Å². The van der Waals surface area contributed by atoms with E-state index in [4.69, 9.17) is 11.6 Å². The van der Waals surface area contributed by atoms with Gasteiger partial charge in [0.25, 0.3) is 5.91 Å². The standard InChI is InChI=1S/C19H18ClN3O/c1-2-14-6-8-16(9-7-14)19(24)21-18-10-11-23(22-18)13-15-4-3-5-17(20)12-15/h3-12H,2,13H2,1H3,(H,21,22,24). The van der Waals surface area contributed by atoms with Gasteiger partial charge in [-0.15, -0.1) is 0 Å². The molecule has 0 unspecified atom stereocenters. The van der Waals surface area contributed by atoms with Crippen molar-refractivity contribution in [2.45, 2.75) is 19.9 Å². The Bertz CT molecular complexity index is 840. The van der Waals surface area contributed by atoms with Gasteiger partial charge in [0.05, 0.1) is 6.54 Å². The van der Waals surface area contributed by atoms with Gasteiger partial charge in [0.1, 0.15) is 0 Å². The van der Waals surface area contributed by atoms with E-state index in [0.29, 0.717) is 22.9 Å². The summed E-state index contributed by atoms with van der Waals surface area (Å²) in [6.45, 7) is 2.68. The third-order valence-corrected chi connectivity index (χ3v) is 3.98. The van der Waals surface area contributed by atoms with Crippen LogP contribution in [0.4, 0.5) is 5.82 Å². The Hall–Kier alpha value is -2.59. The van der Waals surface area contributed by atoms with Crippen molar-refractivity contribution in [2.24, 2.45) is 0 Å². The second-order valence-corrected chi connectivity index (χ2v) is 5.97. The summed E-state index contributed by atoms with van der Waals surface area (Å²) in [6, 6.07) is 17.0. The molecule has 4 nitrogen and oxygen atoms in total. The first-order valence-electron chi connectivity index (χ1n) is 7.82. The van der Waals surface area contributed by atoms with Crippen LogP contribution in [0.5, 0.6) is 0 Å². The van der Waals surface area contributed by atoms with Crippen LogP contribution in [0.15, 0.2) is 60.8 Å². The molecular weight excluding hydrogens is 322 g/mol. The van der Waals surface area contributed by atoms with Crippen LogP contribution in [0, 0.1) is 0 Å². The minimum absolute atomic E-state index is 0.161. The van der Waals surface area contributed by atoms with Gasteiger partial charge in [0.15, 0.2) is 5.82 Å². The maximum absolute atomic E-state index is 12.2. The normalized spacial score (nSPS) is 10.6. The monoisotopic (exact) mass is 339 g/mol. The number of benzene rings is 2. The van der Waals surface area contributed by atoms with Crippen molar-refractivity contribution in [1.82, 2.24) is 9.78 Å². The van der Waals surface area contributed by atoms with Gasteiger partial charge in [0, 0.05) is 22.8 Å². The highest BCUT2D eigenvalue weighted by Crippen LogP contribution is 2.13. The molecule has 3 rings (SSSR count). The average Bonchev–Trinajstić information content (AvgIpc) is 3.02. The molecule has 0 aliphatic heterocycles. The summed E-state index contributed by atoms with van der Waals surface area (Å²) in [5.41, 5.74) is 2.88. The van der Waals surface area contributed by atoms with Gasteiger partial charge in [-0.3, -0.25) is 9.48 Å². The number of nitrogens with one attached hydrogen (secondary N) is 1. The van der Waals surface area contributed by atoms with Crippen molar-refractivity contribution in [3.63, 3.8) is 0 Å². The molecule has 0 spiro atoms. The molecule has 1 aromatic heterocycles. The quantitative estimate of drug-likeness (QED) is 0.749. The topological polar surface area (TPSA) is 46.9 Å². The number of hydrogen-bond donors (Lipinski definition) is 1. The summed E-state index contributed by atoms with van der Waals surface area (Å²) in [5.74, 6) is 0.368. The maximum Gasteiger partial charge on any atom is 0.256 e. The molecule has 0 fully saturated rings. The molecule has 1 amide bonds. The van der Waals surface area contributed by atoms with Crippen LogP contribution in [-0.2, 0) is 13.0 Å². The third kappa shape index (κ3) is 4.03. The first-order valence-corrected chi connectivity index (χ1v) is 8.20. The van der Waals surface area contributed by atoms with E-state index in [1.165, 1.54) is 5.56 Å². The molecular formula is C19H18ClN3O. The van der Waals surface area contributed by atoms with Crippen LogP contribution in [0.3, 0.4) is 0 Å². The van der Waals surface area contributed by atoms with Gasteiger partial charge < -0.3 is 5.32 Å². The lowest BCUT2D eigenvalue weighted by Gasteiger charge is -2.04. The molecule has 0 aliphatic carbocycles. The second-order valence-electron chi connectivity index (χ2n) is 5.53. The smallest absolute Gasteiger partial charge is 0.256 e. The minimum Gasteiger partial charge on any atom is -0.305 e. The van der Waals surface area contributed by atoms with Crippen LogP contribution in [0.2, 0.25) is 5.02 Å². The molecule has 0 atom stereocenters. The van der Waals surface area contributed by atoms with Gasteiger partial charge in [-0.25, -0.2) is 0 Å². The van der Waals surface area contributed by atoms with Crippen LogP contribution in [0.25, 0.3) is 0 Å². The SMILES string of the molecule is CCc1ccc(C(=O)Nc2ccn(Cc3cccc(Cl)c3)n2)cc1. The molecule has 5 heteroatoms. The minimum atomic E-state index is -0.161. The first kappa shape index (κ1) is 16.3. The Morgan fingerprint density at radius 2 is 1.92 bits per heavy atom. The third-order valence-electron chi connectivity index (χ3n) is 3.74. The molecule has 122 valence electrons. The summed E-state index contributed by atoms with van der Waals surface area (Å²) in [4.78, 5) is 12.2. The first-order chi connectivity index (χ1) is 11.6. The summed E-state index contributed by atoms with van der Waals surface area (Å²) < 4.78 is 1.77. The van der Waals surface area contributed by atoms with E-state index >= 15 is 0 Å². The van der Waals surface area contributed by atoms with Gasteiger partial charge in [-0.1, -0.05) is 42.8 Å². The number of halogens is 1. The zero-order chi connectivity index (χ0) is 16.9. The lowest BCUT2D eigenvalue weighted by Crippen LogP contribution is -2.12. The number of aryl methyl sites for hydroxylation is 1. The van der Waals surface area contributed by atoms with E-state index < -0.39 is 0 Å². The van der Waals surface area contributed by atoms with Gasteiger partial charge >= 0.3 is 0 Å². The van der Waals surface area contributed by atoms with Crippen molar-refractivity contribution in [2.75, 3.05) is 5.32 Å². The van der Waals surface area contributed by atoms with Gasteiger partial charge in [0.2, 0.25) is 0 Å². The molecule has 24 heavy (non-hydrogen) atoms. The van der Waals surface area contributed by atoms with Crippen molar-refractivity contribution < 1.29 is 4.79 Å². The molecule has 1 heterocycles. The van der Waals surface area contributed by atoms with Crippen LogP contribution in [0.1, 0.15) is 28.4 Å². The number of anilines is 1. The highest BCUT2D eigenvalue weighted by atomic mass is 35.5. The Morgan fingerprint density at radius 3 is 2.62 bits per heavy atom. The highest BCUT2D eigenvalue weighted by molar-refractivity contribution is 6.30. The van der Waals surface area contributed by atoms with E-state index in [2.05, 4.69) is 17.3 Å². The maximum atomic E-state index is 12.2. The van der Waals surface area contributed by atoms with Crippen LogP contribution < -0.4 is 5.32 Å². The number of amides is 1. The summed E-state index contributed by atoms with van der Waals surface area (Å²) in [7, 11) is 0. The van der Waals surface area contributed by atoms with Crippen molar-refractivity contribution in [1.29, 1.82) is 0 Å². The molecule has 0 saturated heterocycles. The fourth-order valence-electron chi connectivity index (χ4n) is 2.42. The summed E-state index contributed by atoms with van der Waals surface area (Å²) >= 11 is 5.99. The van der Waals surface area contributed by atoms with E-state index in [9.17, 15) is 4.79 Å². The number of hydrogen-bond acceptors (Lipinski definition) is 2. The average molecular weight is 340 g/mol. The second kappa shape index (κ2) is 7.32. The van der Waals surface area contributed by atoms with Crippen LogP contribution >= 0.6 is 11.6 Å². The van der Waals surface area contributed by atoms with Crippen molar-refractivity contribution in [3.05, 3.63) is 82.5 Å². The Balaban J connectivity index is 1.65. The molecule has 1 N–H and O–H groups in total. The Labute approximate surface area is 146 Å². The molecule has 0 bridgehead atoms. The lowest BCUT2D eigenvalue weighted by atomic mass is 10.1. The number of carbonyl (C=O) groups is 1. The zero-order valence-corrected chi connectivity index (χ0v) is 14.1. The molecule has 0 aliphatic rings. The van der Waals surface area contributed by atoms with Gasteiger partial charge in [-0.05, 0) is 41.8 Å². The Morgan fingerprint density at radius 1 is 1.12 bits per heavy atom. The number of aromatic nitrogens is 2. The molecule has 2 aromatic carbocycles. The molecule has 0 radical (unpaired) electrons. The van der Waals surface area contributed by atoms with Crippen molar-refractivity contribution >= 4 is 23.3 Å². The predicted octanol–water partition coefficient (Wildman–Crippen LogP) is 4.40. The zero-order valence-electron chi connectivity index (χ0n) is 13.4. The van der Waals surface area contributed by atoms with Crippen molar-refractivity contribution in [3.8, 4) is 0 Å². The van der Waals surface area contributed by atoms with Crippen LogP contribution in [-0.4, -0.2) is 15.7 Å². The highest BCUT2D eigenvalue weighted by Gasteiger charge is 2.08. The van der Waals surface area contributed by atoms with E-state index in [1.54, 1.807) is 10.7 Å². The number of rotatable bonds is 5. The predicted molar refractivity (Wildman–Crippen MR) is 96.6 cm³/mol. The largest absolute Gasteiger partial charge is 0.305 e. The fraction of sp³-hybridized carbons (Fsp3) is 0.158.